The Morgan fingerprint density at radius 1 is 1.04 bits per heavy atom. The van der Waals surface area contributed by atoms with Gasteiger partial charge in [0.05, 0.1) is 0 Å². The van der Waals surface area contributed by atoms with E-state index in [9.17, 15) is 0 Å². The second-order valence-corrected chi connectivity index (χ2v) is 8.35. The number of thiocarbonyl (C=S) groups is 1. The molecule has 1 saturated heterocycles. The molecular weight excluding hydrogens is 338 g/mol. The number of anilines is 2. The number of likely N-dealkylation sites (N-methyl/N-ethyl adjacent to an activating group) is 1. The molecule has 26 heavy (non-hydrogen) atoms. The predicted octanol–water partition coefficient (Wildman–Crippen LogP) is 4.62. The highest BCUT2D eigenvalue weighted by molar-refractivity contribution is 7.80. The summed E-state index contributed by atoms with van der Waals surface area (Å²) in [6.07, 6.45) is 1.14. The van der Waals surface area contributed by atoms with Crippen molar-refractivity contribution in [2.24, 2.45) is 0 Å². The van der Waals surface area contributed by atoms with E-state index in [-0.39, 0.29) is 0 Å². The van der Waals surface area contributed by atoms with E-state index in [4.69, 9.17) is 12.2 Å². The van der Waals surface area contributed by atoms with Crippen LogP contribution in [0.3, 0.4) is 0 Å². The molecule has 1 fully saturated rings. The first-order chi connectivity index (χ1) is 12.4. The van der Waals surface area contributed by atoms with Crippen molar-refractivity contribution >= 4 is 28.7 Å². The third-order valence-corrected chi connectivity index (χ3v) is 5.94. The fourth-order valence-electron chi connectivity index (χ4n) is 4.58. The minimum atomic E-state index is 0.453. The van der Waals surface area contributed by atoms with Crippen LogP contribution in [0, 0.1) is 20.8 Å². The highest BCUT2D eigenvalue weighted by atomic mass is 32.1. The SMILES string of the molecule is Cc1cc(C)cc(NC(=S)N2c3ccc(C)cc3C3CN(C)CCC32)c1. The van der Waals surface area contributed by atoms with Gasteiger partial charge in [0.1, 0.15) is 0 Å². The van der Waals surface area contributed by atoms with E-state index in [1.54, 1.807) is 0 Å². The molecule has 2 atom stereocenters. The zero-order chi connectivity index (χ0) is 18.4. The van der Waals surface area contributed by atoms with Gasteiger partial charge in [-0.25, -0.2) is 0 Å². The minimum absolute atomic E-state index is 0.453. The Kier molecular flexibility index (Phi) is 4.49. The molecule has 0 radical (unpaired) electrons. The number of rotatable bonds is 1. The number of aryl methyl sites for hydroxylation is 3. The first kappa shape index (κ1) is 17.5. The van der Waals surface area contributed by atoms with Gasteiger partial charge < -0.3 is 15.1 Å². The molecule has 2 aromatic carbocycles. The van der Waals surface area contributed by atoms with Crippen LogP contribution in [0.4, 0.5) is 11.4 Å². The van der Waals surface area contributed by atoms with Gasteiger partial charge in [-0.05, 0) is 87.9 Å². The number of nitrogens with zero attached hydrogens (tertiary/aromatic N) is 2. The summed E-state index contributed by atoms with van der Waals surface area (Å²) < 4.78 is 0. The number of piperidine rings is 1. The van der Waals surface area contributed by atoms with Gasteiger partial charge in [-0.3, -0.25) is 0 Å². The van der Waals surface area contributed by atoms with Crippen molar-refractivity contribution in [3.05, 3.63) is 58.7 Å². The fourth-order valence-corrected chi connectivity index (χ4v) is 4.93. The van der Waals surface area contributed by atoms with Crippen molar-refractivity contribution in [1.82, 2.24) is 4.90 Å². The molecule has 0 spiro atoms. The van der Waals surface area contributed by atoms with E-state index in [0.717, 1.165) is 30.3 Å². The highest BCUT2D eigenvalue weighted by Crippen LogP contribution is 2.45. The second-order valence-electron chi connectivity index (χ2n) is 7.96. The maximum atomic E-state index is 5.89. The molecule has 0 bridgehead atoms. The summed E-state index contributed by atoms with van der Waals surface area (Å²) in [6, 6.07) is 13.8. The van der Waals surface area contributed by atoms with Gasteiger partial charge >= 0.3 is 0 Å². The number of likely N-dealkylation sites (tertiary alicyclic amines) is 1. The van der Waals surface area contributed by atoms with Crippen LogP contribution in [-0.4, -0.2) is 36.2 Å². The van der Waals surface area contributed by atoms with E-state index in [2.05, 4.69) is 79.3 Å². The van der Waals surface area contributed by atoms with E-state index in [0.29, 0.717) is 12.0 Å². The van der Waals surface area contributed by atoms with E-state index in [1.165, 1.54) is 27.9 Å². The van der Waals surface area contributed by atoms with Crippen LogP contribution in [0.15, 0.2) is 36.4 Å². The summed E-state index contributed by atoms with van der Waals surface area (Å²) >= 11 is 5.89. The molecule has 2 heterocycles. The van der Waals surface area contributed by atoms with Crippen LogP contribution in [-0.2, 0) is 0 Å². The van der Waals surface area contributed by atoms with Gasteiger partial charge in [0, 0.05) is 29.9 Å². The predicted molar refractivity (Wildman–Crippen MR) is 114 cm³/mol. The molecule has 136 valence electrons. The van der Waals surface area contributed by atoms with Gasteiger partial charge in [-0.15, -0.1) is 0 Å². The Morgan fingerprint density at radius 2 is 1.77 bits per heavy atom. The van der Waals surface area contributed by atoms with Gasteiger partial charge in [-0.1, -0.05) is 23.8 Å². The first-order valence-corrected chi connectivity index (χ1v) is 9.81. The Hall–Kier alpha value is -1.91. The number of fused-ring (bicyclic) bond motifs is 3. The third-order valence-electron chi connectivity index (χ3n) is 5.64. The third kappa shape index (κ3) is 3.12. The molecule has 2 aliphatic heterocycles. The standard InChI is InChI=1S/C22H27N3S/c1-14-5-6-20-18(12-14)19-13-24(4)8-7-21(19)25(20)22(26)23-17-10-15(2)9-16(3)11-17/h5-6,9-12,19,21H,7-8,13H2,1-4H3,(H,23,26). The average Bonchev–Trinajstić information content (AvgIpc) is 2.87. The molecule has 0 aliphatic carbocycles. The molecule has 2 aliphatic rings. The largest absolute Gasteiger partial charge is 0.332 e. The maximum Gasteiger partial charge on any atom is 0.178 e. The summed E-state index contributed by atoms with van der Waals surface area (Å²) in [7, 11) is 2.22. The lowest BCUT2D eigenvalue weighted by Crippen LogP contribution is -2.48. The molecule has 2 unspecified atom stereocenters. The summed E-state index contributed by atoms with van der Waals surface area (Å²) in [6.45, 7) is 8.65. The van der Waals surface area contributed by atoms with Crippen molar-refractivity contribution < 1.29 is 0 Å². The molecule has 2 aromatic rings. The normalized spacial score (nSPS) is 22.1. The highest BCUT2D eigenvalue weighted by Gasteiger charge is 2.42. The molecule has 0 saturated carbocycles. The molecule has 1 N–H and O–H groups in total. The van der Waals surface area contributed by atoms with Gasteiger partial charge in [0.2, 0.25) is 0 Å². The molecule has 0 aromatic heterocycles. The van der Waals surface area contributed by atoms with Crippen LogP contribution in [0.5, 0.6) is 0 Å². The Morgan fingerprint density at radius 3 is 2.50 bits per heavy atom. The summed E-state index contributed by atoms with van der Waals surface area (Å²) in [4.78, 5) is 4.82. The second kappa shape index (κ2) is 6.67. The van der Waals surface area contributed by atoms with Gasteiger partial charge in [0.25, 0.3) is 0 Å². The monoisotopic (exact) mass is 365 g/mol. The van der Waals surface area contributed by atoms with E-state index >= 15 is 0 Å². The van der Waals surface area contributed by atoms with Crippen LogP contribution >= 0.6 is 12.2 Å². The molecule has 4 rings (SSSR count). The lowest BCUT2D eigenvalue weighted by atomic mass is 9.89. The van der Waals surface area contributed by atoms with Gasteiger partial charge in [-0.2, -0.15) is 0 Å². The van der Waals surface area contributed by atoms with Crippen molar-refractivity contribution in [1.29, 1.82) is 0 Å². The number of benzene rings is 2. The van der Waals surface area contributed by atoms with Crippen molar-refractivity contribution in [2.75, 3.05) is 30.4 Å². The summed E-state index contributed by atoms with van der Waals surface area (Å²) in [5, 5.41) is 4.33. The maximum absolute atomic E-state index is 5.89. The van der Waals surface area contributed by atoms with Crippen LogP contribution in [0.2, 0.25) is 0 Å². The van der Waals surface area contributed by atoms with E-state index < -0.39 is 0 Å². The number of hydrogen-bond donors (Lipinski definition) is 1. The Balaban J connectivity index is 1.67. The van der Waals surface area contributed by atoms with E-state index in [1.807, 2.05) is 0 Å². The molecule has 0 amide bonds. The Labute approximate surface area is 162 Å². The molecular formula is C22H27N3S. The quantitative estimate of drug-likeness (QED) is 0.743. The number of hydrogen-bond acceptors (Lipinski definition) is 2. The number of nitrogens with one attached hydrogen (secondary N) is 1. The smallest absolute Gasteiger partial charge is 0.178 e. The van der Waals surface area contributed by atoms with Crippen molar-refractivity contribution in [2.45, 2.75) is 39.2 Å². The lowest BCUT2D eigenvalue weighted by molar-refractivity contribution is 0.237. The van der Waals surface area contributed by atoms with Crippen molar-refractivity contribution in [3.8, 4) is 0 Å². The topological polar surface area (TPSA) is 18.5 Å². The molecule has 3 nitrogen and oxygen atoms in total. The van der Waals surface area contributed by atoms with Gasteiger partial charge in [0.15, 0.2) is 5.11 Å². The average molecular weight is 366 g/mol. The zero-order valence-electron chi connectivity index (χ0n) is 16.0. The first-order valence-electron chi connectivity index (χ1n) is 9.40. The Bertz CT molecular complexity index is 840. The summed E-state index contributed by atoms with van der Waals surface area (Å²) in [5.41, 5.74) is 7.65. The minimum Gasteiger partial charge on any atom is -0.332 e. The fraction of sp³-hybridized carbons (Fsp3) is 0.409. The zero-order valence-corrected chi connectivity index (χ0v) is 16.9. The van der Waals surface area contributed by atoms with Crippen LogP contribution < -0.4 is 10.2 Å². The van der Waals surface area contributed by atoms with Crippen molar-refractivity contribution in [3.63, 3.8) is 0 Å². The molecule has 4 heteroatoms. The van der Waals surface area contributed by atoms with Crippen LogP contribution in [0.25, 0.3) is 0 Å². The van der Waals surface area contributed by atoms with Crippen LogP contribution in [0.1, 0.15) is 34.6 Å². The lowest BCUT2D eigenvalue weighted by Gasteiger charge is -2.37. The summed E-state index contributed by atoms with van der Waals surface area (Å²) in [5.74, 6) is 0.530.